The molecule has 0 aliphatic heterocycles. The van der Waals surface area contributed by atoms with E-state index in [1.54, 1.807) is 48.5 Å². The fourth-order valence-corrected chi connectivity index (χ4v) is 4.41. The lowest BCUT2D eigenvalue weighted by Crippen LogP contribution is -2.19. The van der Waals surface area contributed by atoms with Gasteiger partial charge in [0.2, 0.25) is 15.7 Å². The summed E-state index contributed by atoms with van der Waals surface area (Å²) in [6.45, 7) is 3.79. The van der Waals surface area contributed by atoms with Crippen LogP contribution >= 0.6 is 0 Å². The smallest absolute Gasteiger partial charge is 0.269 e. The summed E-state index contributed by atoms with van der Waals surface area (Å²) in [4.78, 5) is 17.1. The average molecular weight is 458 g/mol. The van der Waals surface area contributed by atoms with Gasteiger partial charge in [-0.25, -0.2) is 8.42 Å². The lowest BCUT2D eigenvalue weighted by Gasteiger charge is -2.13. The van der Waals surface area contributed by atoms with Gasteiger partial charge < -0.3 is 4.74 Å². The van der Waals surface area contributed by atoms with E-state index in [4.69, 9.17) is 4.74 Å². The number of aryl methyl sites for hydroxylation is 1. The van der Waals surface area contributed by atoms with Gasteiger partial charge in [0.1, 0.15) is 27.9 Å². The minimum Gasteiger partial charge on any atom is -0.438 e. The lowest BCUT2D eigenvalue weighted by atomic mass is 10.1. The number of pyridine rings is 1. The monoisotopic (exact) mass is 457 g/mol. The zero-order valence-electron chi connectivity index (χ0n) is 17.9. The molecule has 33 heavy (non-hydrogen) atoms. The van der Waals surface area contributed by atoms with E-state index in [1.165, 1.54) is 22.7 Å². The van der Waals surface area contributed by atoms with Crippen molar-refractivity contribution in [3.63, 3.8) is 0 Å². The van der Waals surface area contributed by atoms with Gasteiger partial charge in [-0.15, -0.1) is 0 Å². The molecule has 0 spiro atoms. The Labute approximate surface area is 190 Å². The Morgan fingerprint density at radius 1 is 1.03 bits per heavy atom. The Hall–Kier alpha value is -4.22. The van der Waals surface area contributed by atoms with Crippen molar-refractivity contribution in [2.75, 3.05) is 0 Å². The number of aromatic nitrogens is 2. The van der Waals surface area contributed by atoms with Crippen molar-refractivity contribution in [1.29, 1.82) is 5.26 Å². The molecule has 0 bridgehead atoms. The van der Waals surface area contributed by atoms with Crippen molar-refractivity contribution in [3.8, 4) is 17.7 Å². The standard InChI is InChI=1S/C25H19N3O4S/c1-17-9-8-12-22(18(17)2)32-24-21(25(29)28-14-7-6-13-23(28)27-24)15-20(16-26)33(30,31)19-10-4-3-5-11-19/h3-15H,1-2H3. The molecule has 0 fully saturated rings. The van der Waals surface area contributed by atoms with Crippen LogP contribution in [-0.2, 0) is 9.84 Å². The molecule has 8 heteroatoms. The highest BCUT2D eigenvalue weighted by molar-refractivity contribution is 7.95. The number of allylic oxidation sites excluding steroid dienone is 1. The molecule has 164 valence electrons. The van der Waals surface area contributed by atoms with E-state index < -0.39 is 20.3 Å². The van der Waals surface area contributed by atoms with E-state index in [1.807, 2.05) is 26.0 Å². The van der Waals surface area contributed by atoms with E-state index in [0.717, 1.165) is 17.2 Å². The molecule has 2 aromatic carbocycles. The molecule has 0 amide bonds. The van der Waals surface area contributed by atoms with Gasteiger partial charge in [0.25, 0.3) is 5.56 Å². The second-order valence-electron chi connectivity index (χ2n) is 7.30. The third-order valence-electron chi connectivity index (χ3n) is 5.22. The SMILES string of the molecule is Cc1cccc(Oc2nc3ccccn3c(=O)c2C=C(C#N)S(=O)(=O)c2ccccc2)c1C. The quantitative estimate of drug-likeness (QED) is 0.411. The van der Waals surface area contributed by atoms with Crippen LogP contribution in [0.5, 0.6) is 11.6 Å². The number of ether oxygens (including phenoxy) is 1. The Morgan fingerprint density at radius 3 is 2.48 bits per heavy atom. The Morgan fingerprint density at radius 2 is 1.76 bits per heavy atom. The normalized spacial score (nSPS) is 11.8. The van der Waals surface area contributed by atoms with Crippen molar-refractivity contribution in [2.24, 2.45) is 0 Å². The van der Waals surface area contributed by atoms with Crippen LogP contribution in [0.2, 0.25) is 0 Å². The van der Waals surface area contributed by atoms with Gasteiger partial charge in [0.15, 0.2) is 0 Å². The fourth-order valence-electron chi connectivity index (χ4n) is 3.25. The molecule has 7 nitrogen and oxygen atoms in total. The van der Waals surface area contributed by atoms with Gasteiger partial charge in [-0.3, -0.25) is 9.20 Å². The largest absolute Gasteiger partial charge is 0.438 e. The highest BCUT2D eigenvalue weighted by Gasteiger charge is 2.23. The summed E-state index contributed by atoms with van der Waals surface area (Å²) < 4.78 is 33.4. The molecular formula is C25H19N3O4S. The van der Waals surface area contributed by atoms with Gasteiger partial charge in [0, 0.05) is 6.20 Å². The average Bonchev–Trinajstić information content (AvgIpc) is 2.82. The van der Waals surface area contributed by atoms with Crippen LogP contribution in [0.3, 0.4) is 0 Å². The maximum atomic E-state index is 13.3. The molecule has 0 aliphatic rings. The zero-order chi connectivity index (χ0) is 23.6. The fraction of sp³-hybridized carbons (Fsp3) is 0.0800. The van der Waals surface area contributed by atoms with Gasteiger partial charge in [0.05, 0.1) is 4.90 Å². The number of nitriles is 1. The minimum atomic E-state index is -4.16. The maximum absolute atomic E-state index is 13.3. The first kappa shape index (κ1) is 22.0. The number of hydrogen-bond donors (Lipinski definition) is 0. The number of hydrogen-bond acceptors (Lipinski definition) is 6. The third-order valence-corrected chi connectivity index (χ3v) is 6.91. The van der Waals surface area contributed by atoms with E-state index in [0.29, 0.717) is 11.4 Å². The van der Waals surface area contributed by atoms with Crippen LogP contribution in [0.25, 0.3) is 11.7 Å². The molecule has 0 aliphatic carbocycles. The summed E-state index contributed by atoms with van der Waals surface area (Å²) >= 11 is 0. The third kappa shape index (κ3) is 4.14. The summed E-state index contributed by atoms with van der Waals surface area (Å²) in [5.74, 6) is 0.386. The van der Waals surface area contributed by atoms with Crippen LogP contribution in [-0.4, -0.2) is 17.8 Å². The predicted octanol–water partition coefficient (Wildman–Crippen LogP) is 4.44. The van der Waals surface area contributed by atoms with Gasteiger partial charge in [-0.2, -0.15) is 10.2 Å². The summed E-state index contributed by atoms with van der Waals surface area (Å²) in [6, 6.07) is 19.8. The van der Waals surface area contributed by atoms with Crippen LogP contribution < -0.4 is 10.3 Å². The second kappa shape index (κ2) is 8.73. The van der Waals surface area contributed by atoms with Crippen molar-refractivity contribution < 1.29 is 13.2 Å². The number of fused-ring (bicyclic) bond motifs is 1. The summed E-state index contributed by atoms with van der Waals surface area (Å²) in [5.41, 5.74) is 1.45. The van der Waals surface area contributed by atoms with E-state index >= 15 is 0 Å². The van der Waals surface area contributed by atoms with Gasteiger partial charge in [-0.05, 0) is 61.4 Å². The first-order chi connectivity index (χ1) is 15.8. The van der Waals surface area contributed by atoms with Crippen LogP contribution in [0.1, 0.15) is 16.7 Å². The van der Waals surface area contributed by atoms with Crippen molar-refractivity contribution in [2.45, 2.75) is 18.7 Å². The number of nitrogens with zero attached hydrogens (tertiary/aromatic N) is 3. The topological polar surface area (TPSA) is 102 Å². The van der Waals surface area contributed by atoms with Crippen LogP contribution in [0.4, 0.5) is 0 Å². The first-order valence-electron chi connectivity index (χ1n) is 10.0. The highest BCUT2D eigenvalue weighted by atomic mass is 32.2. The molecule has 0 radical (unpaired) electrons. The summed E-state index contributed by atoms with van der Waals surface area (Å²) in [5, 5.41) is 9.68. The Kier molecular flexibility index (Phi) is 5.82. The summed E-state index contributed by atoms with van der Waals surface area (Å²) in [7, 11) is -4.16. The van der Waals surface area contributed by atoms with Crippen molar-refractivity contribution in [3.05, 3.63) is 105 Å². The van der Waals surface area contributed by atoms with Crippen molar-refractivity contribution in [1.82, 2.24) is 9.38 Å². The highest BCUT2D eigenvalue weighted by Crippen LogP contribution is 2.29. The molecule has 2 heterocycles. The number of benzene rings is 2. The molecule has 0 N–H and O–H groups in total. The van der Waals surface area contributed by atoms with E-state index in [2.05, 4.69) is 4.98 Å². The van der Waals surface area contributed by atoms with Crippen molar-refractivity contribution >= 4 is 21.6 Å². The summed E-state index contributed by atoms with van der Waals surface area (Å²) in [6.07, 6.45) is 2.54. The second-order valence-corrected chi connectivity index (χ2v) is 9.22. The minimum absolute atomic E-state index is 0.0522. The van der Waals surface area contributed by atoms with Crippen LogP contribution in [0, 0.1) is 25.2 Å². The molecule has 2 aromatic heterocycles. The molecular weight excluding hydrogens is 438 g/mol. The molecule has 0 atom stereocenters. The first-order valence-corrected chi connectivity index (χ1v) is 11.5. The molecule has 0 unspecified atom stereocenters. The predicted molar refractivity (Wildman–Crippen MR) is 125 cm³/mol. The van der Waals surface area contributed by atoms with Crippen LogP contribution in [0.15, 0.2) is 87.5 Å². The molecule has 0 saturated heterocycles. The van der Waals surface area contributed by atoms with Gasteiger partial charge in [-0.1, -0.05) is 36.4 Å². The van der Waals surface area contributed by atoms with Gasteiger partial charge >= 0.3 is 0 Å². The molecule has 4 rings (SSSR count). The number of rotatable bonds is 5. The molecule has 0 saturated carbocycles. The number of sulfone groups is 1. The molecule has 4 aromatic rings. The zero-order valence-corrected chi connectivity index (χ0v) is 18.7. The van der Waals surface area contributed by atoms with E-state index in [9.17, 15) is 18.5 Å². The lowest BCUT2D eigenvalue weighted by molar-refractivity contribution is 0.457. The van der Waals surface area contributed by atoms with E-state index in [-0.39, 0.29) is 16.3 Å². The Balaban J connectivity index is 1.97. The maximum Gasteiger partial charge on any atom is 0.269 e. The Bertz CT molecular complexity index is 1600.